The number of esters is 1. The molecule has 0 atom stereocenters. The highest BCUT2D eigenvalue weighted by molar-refractivity contribution is 7.89. The third kappa shape index (κ3) is 6.51. The molecule has 0 unspecified atom stereocenters. The zero-order valence-electron chi connectivity index (χ0n) is 22.6. The van der Waals surface area contributed by atoms with Gasteiger partial charge in [-0.2, -0.15) is 4.31 Å². The number of morpholine rings is 1. The number of nitrogens with zero attached hydrogens (tertiary/aromatic N) is 3. The Labute approximate surface area is 245 Å². The normalized spacial score (nSPS) is 14.0. The van der Waals surface area contributed by atoms with Crippen LogP contribution in [0.1, 0.15) is 15.2 Å². The monoisotopic (exact) mass is 612 g/mol. The van der Waals surface area contributed by atoms with Gasteiger partial charge in [-0.05, 0) is 48.9 Å². The SMILES string of the molecule is Cc1c(C(=O)OCCOc2ccccc2)sc2ncn(CC(=O)Nc3ccc(S(=O)(=O)N4CCOCC4)cc3)c(=O)c12. The van der Waals surface area contributed by atoms with Crippen molar-refractivity contribution in [3.63, 3.8) is 0 Å². The van der Waals surface area contributed by atoms with Crippen molar-refractivity contribution in [2.24, 2.45) is 0 Å². The number of fused-ring (bicyclic) bond motifs is 1. The number of anilines is 1. The zero-order chi connectivity index (χ0) is 29.7. The molecule has 2 aromatic heterocycles. The molecule has 0 bridgehead atoms. The van der Waals surface area contributed by atoms with E-state index in [1.807, 2.05) is 18.2 Å². The molecular weight excluding hydrogens is 584 g/mol. The number of carbonyl (C=O) groups is 2. The third-order valence-electron chi connectivity index (χ3n) is 6.49. The highest BCUT2D eigenvalue weighted by Crippen LogP contribution is 2.27. The van der Waals surface area contributed by atoms with Crippen LogP contribution < -0.4 is 15.6 Å². The van der Waals surface area contributed by atoms with Crippen LogP contribution in [0, 0.1) is 6.92 Å². The number of carbonyl (C=O) groups excluding carboxylic acids is 2. The fourth-order valence-corrected chi connectivity index (χ4v) is 6.79. The maximum Gasteiger partial charge on any atom is 0.348 e. The van der Waals surface area contributed by atoms with Crippen LogP contribution in [-0.2, 0) is 30.8 Å². The first kappa shape index (κ1) is 29.4. The predicted molar refractivity (Wildman–Crippen MR) is 155 cm³/mol. The molecule has 1 amide bonds. The lowest BCUT2D eigenvalue weighted by atomic mass is 10.2. The lowest BCUT2D eigenvalue weighted by molar-refractivity contribution is -0.116. The molecule has 0 spiro atoms. The summed E-state index contributed by atoms with van der Waals surface area (Å²) >= 11 is 1.04. The molecule has 12 nitrogen and oxygen atoms in total. The van der Waals surface area contributed by atoms with Crippen LogP contribution in [-0.4, -0.2) is 73.7 Å². The zero-order valence-corrected chi connectivity index (χ0v) is 24.3. The van der Waals surface area contributed by atoms with E-state index in [-0.39, 0.29) is 48.0 Å². The Bertz CT molecular complexity index is 1750. The molecule has 1 fully saturated rings. The first-order valence-corrected chi connectivity index (χ1v) is 15.3. The topological polar surface area (TPSA) is 146 Å². The quantitative estimate of drug-likeness (QED) is 0.211. The summed E-state index contributed by atoms with van der Waals surface area (Å²) in [5, 5.41) is 2.90. The maximum atomic E-state index is 13.2. The lowest BCUT2D eigenvalue weighted by Gasteiger charge is -2.26. The maximum absolute atomic E-state index is 13.2. The Balaban J connectivity index is 1.21. The van der Waals surface area contributed by atoms with E-state index in [0.29, 0.717) is 35.0 Å². The van der Waals surface area contributed by atoms with Crippen LogP contribution in [0.4, 0.5) is 5.69 Å². The molecule has 1 saturated heterocycles. The highest BCUT2D eigenvalue weighted by atomic mass is 32.2. The fraction of sp³-hybridized carbons (Fsp3) is 0.286. The molecule has 1 aliphatic rings. The third-order valence-corrected chi connectivity index (χ3v) is 9.58. The summed E-state index contributed by atoms with van der Waals surface area (Å²) in [6, 6.07) is 15.0. The van der Waals surface area contributed by atoms with Gasteiger partial charge in [0.25, 0.3) is 5.56 Å². The van der Waals surface area contributed by atoms with Crippen LogP contribution in [0.25, 0.3) is 10.2 Å². The second kappa shape index (κ2) is 12.8. The minimum Gasteiger partial charge on any atom is -0.490 e. The van der Waals surface area contributed by atoms with Crippen molar-refractivity contribution in [2.75, 3.05) is 44.8 Å². The van der Waals surface area contributed by atoms with E-state index in [0.717, 1.165) is 15.9 Å². The number of hydrogen-bond acceptors (Lipinski definition) is 10. The minimum atomic E-state index is -3.66. The molecule has 14 heteroatoms. The second-order valence-electron chi connectivity index (χ2n) is 9.30. The predicted octanol–water partition coefficient (Wildman–Crippen LogP) is 2.66. The molecule has 1 N–H and O–H groups in total. The lowest BCUT2D eigenvalue weighted by Crippen LogP contribution is -2.40. The number of ether oxygens (including phenoxy) is 3. The summed E-state index contributed by atoms with van der Waals surface area (Å²) in [6.07, 6.45) is 1.25. The fourth-order valence-electron chi connectivity index (χ4n) is 4.34. The van der Waals surface area contributed by atoms with Crippen molar-refractivity contribution in [1.82, 2.24) is 13.9 Å². The number of aromatic nitrogens is 2. The Morgan fingerprint density at radius 1 is 1.05 bits per heavy atom. The number of aryl methyl sites for hydroxylation is 1. The average Bonchev–Trinajstić information content (AvgIpc) is 3.34. The number of amides is 1. The van der Waals surface area contributed by atoms with Crippen molar-refractivity contribution >= 4 is 49.1 Å². The number of hydrogen-bond donors (Lipinski definition) is 1. The van der Waals surface area contributed by atoms with E-state index < -0.39 is 27.5 Å². The number of nitrogens with one attached hydrogen (secondary N) is 1. The van der Waals surface area contributed by atoms with Crippen LogP contribution in [0.5, 0.6) is 5.75 Å². The number of rotatable bonds is 10. The van der Waals surface area contributed by atoms with E-state index in [1.165, 1.54) is 34.9 Å². The van der Waals surface area contributed by atoms with E-state index in [4.69, 9.17) is 14.2 Å². The molecule has 3 heterocycles. The van der Waals surface area contributed by atoms with E-state index in [2.05, 4.69) is 10.3 Å². The number of benzene rings is 2. The number of para-hydroxylation sites is 1. The van der Waals surface area contributed by atoms with Crippen LogP contribution >= 0.6 is 11.3 Å². The molecule has 220 valence electrons. The van der Waals surface area contributed by atoms with Crippen molar-refractivity contribution < 1.29 is 32.2 Å². The van der Waals surface area contributed by atoms with Crippen LogP contribution in [0.3, 0.4) is 0 Å². The van der Waals surface area contributed by atoms with E-state index >= 15 is 0 Å². The van der Waals surface area contributed by atoms with Gasteiger partial charge in [0.05, 0.1) is 29.8 Å². The van der Waals surface area contributed by atoms with Crippen molar-refractivity contribution in [3.05, 3.63) is 81.7 Å². The molecule has 5 rings (SSSR count). The number of sulfonamides is 1. The highest BCUT2D eigenvalue weighted by Gasteiger charge is 2.26. The summed E-state index contributed by atoms with van der Waals surface area (Å²) in [6.45, 7) is 2.75. The van der Waals surface area contributed by atoms with Crippen molar-refractivity contribution in [1.29, 1.82) is 0 Å². The van der Waals surface area contributed by atoms with Crippen molar-refractivity contribution in [3.8, 4) is 5.75 Å². The van der Waals surface area contributed by atoms with Gasteiger partial charge in [0.15, 0.2) is 0 Å². The standard InChI is InChI=1S/C28H28N4O8S2/c1-19-24-26(41-25(19)28(35)40-16-15-39-21-5-3-2-4-6-21)29-18-31(27(24)34)17-23(33)30-20-7-9-22(10-8-20)42(36,37)32-11-13-38-14-12-32/h2-10,18H,11-17H2,1H3,(H,30,33). The molecule has 1 aliphatic heterocycles. The molecular formula is C28H28N4O8S2. The molecule has 0 radical (unpaired) electrons. The summed E-state index contributed by atoms with van der Waals surface area (Å²) in [7, 11) is -3.66. The largest absolute Gasteiger partial charge is 0.490 e. The second-order valence-corrected chi connectivity index (χ2v) is 12.2. The first-order chi connectivity index (χ1) is 20.2. The van der Waals surface area contributed by atoms with Gasteiger partial charge in [-0.15, -0.1) is 11.3 Å². The molecule has 2 aromatic carbocycles. The van der Waals surface area contributed by atoms with Gasteiger partial charge < -0.3 is 19.5 Å². The van der Waals surface area contributed by atoms with Gasteiger partial charge in [0, 0.05) is 18.8 Å². The summed E-state index contributed by atoms with van der Waals surface area (Å²) in [4.78, 5) is 43.6. The van der Waals surface area contributed by atoms with E-state index in [9.17, 15) is 22.8 Å². The van der Waals surface area contributed by atoms with Gasteiger partial charge in [-0.1, -0.05) is 18.2 Å². The Hall–Kier alpha value is -4.11. The smallest absolute Gasteiger partial charge is 0.348 e. The van der Waals surface area contributed by atoms with Crippen molar-refractivity contribution in [2.45, 2.75) is 18.4 Å². The molecule has 0 aliphatic carbocycles. The van der Waals surface area contributed by atoms with E-state index in [1.54, 1.807) is 19.1 Å². The van der Waals surface area contributed by atoms with Gasteiger partial charge in [-0.25, -0.2) is 18.2 Å². The van der Waals surface area contributed by atoms with Gasteiger partial charge in [0.1, 0.15) is 35.2 Å². The van der Waals surface area contributed by atoms with Gasteiger partial charge in [-0.3, -0.25) is 14.2 Å². The number of thiophene rings is 1. The van der Waals surface area contributed by atoms with Gasteiger partial charge in [0.2, 0.25) is 15.9 Å². The van der Waals surface area contributed by atoms with Crippen LogP contribution in [0.2, 0.25) is 0 Å². The molecule has 42 heavy (non-hydrogen) atoms. The Morgan fingerprint density at radius 3 is 2.48 bits per heavy atom. The Morgan fingerprint density at radius 2 is 1.76 bits per heavy atom. The summed E-state index contributed by atoms with van der Waals surface area (Å²) in [5.74, 6) is -0.433. The Kier molecular flexibility index (Phi) is 8.97. The average molecular weight is 613 g/mol. The van der Waals surface area contributed by atoms with Gasteiger partial charge >= 0.3 is 5.97 Å². The summed E-state index contributed by atoms with van der Waals surface area (Å²) < 4.78 is 44.2. The first-order valence-electron chi connectivity index (χ1n) is 13.1. The molecule has 0 saturated carbocycles. The molecule has 4 aromatic rings. The summed E-state index contributed by atoms with van der Waals surface area (Å²) in [5.41, 5.74) is 0.326. The van der Waals surface area contributed by atoms with Crippen LogP contribution in [0.15, 0.2) is 70.6 Å². The minimum absolute atomic E-state index is 0.0272.